The van der Waals surface area contributed by atoms with Crippen LogP contribution in [0.5, 0.6) is 5.75 Å². The molecular weight excluding hydrogens is 307 g/mol. The number of ether oxygens (including phenoxy) is 3. The van der Waals surface area contributed by atoms with Crippen LogP contribution in [0.1, 0.15) is 5.56 Å². The molecule has 1 aromatic carbocycles. The van der Waals surface area contributed by atoms with Gasteiger partial charge in [-0.15, -0.1) is 0 Å². The first-order chi connectivity index (χ1) is 8.27. The van der Waals surface area contributed by atoms with E-state index in [0.29, 0.717) is 36.8 Å². The second kappa shape index (κ2) is 8.75. The number of hydrogen-bond donors (Lipinski definition) is 0. The molecule has 5 heteroatoms. The Kier molecular flexibility index (Phi) is 7.60. The van der Waals surface area contributed by atoms with E-state index in [1.54, 1.807) is 7.11 Å². The lowest BCUT2D eigenvalue weighted by molar-refractivity contribution is 0.0543. The van der Waals surface area contributed by atoms with E-state index < -0.39 is 0 Å². The van der Waals surface area contributed by atoms with Crippen molar-refractivity contribution in [2.45, 2.75) is 5.33 Å². The number of halogens is 2. The molecule has 0 aliphatic heterocycles. The van der Waals surface area contributed by atoms with Crippen LogP contribution in [-0.4, -0.2) is 33.5 Å². The number of hydrogen-bond acceptors (Lipinski definition) is 3. The minimum atomic E-state index is 0.519. The molecular formula is C12H16BrClO3. The number of methoxy groups -OCH3 is 1. The maximum Gasteiger partial charge on any atom is 0.123 e. The maximum atomic E-state index is 5.90. The van der Waals surface area contributed by atoms with Gasteiger partial charge < -0.3 is 14.2 Å². The lowest BCUT2D eigenvalue weighted by Gasteiger charge is -2.10. The molecule has 0 unspecified atom stereocenters. The molecule has 96 valence electrons. The van der Waals surface area contributed by atoms with E-state index in [9.17, 15) is 0 Å². The normalized spacial score (nSPS) is 10.5. The highest BCUT2D eigenvalue weighted by atomic mass is 79.9. The largest absolute Gasteiger partial charge is 0.491 e. The first-order valence-corrected chi connectivity index (χ1v) is 6.81. The van der Waals surface area contributed by atoms with E-state index >= 15 is 0 Å². The van der Waals surface area contributed by atoms with E-state index in [1.165, 1.54) is 0 Å². The van der Waals surface area contributed by atoms with Crippen molar-refractivity contribution >= 4 is 27.5 Å². The van der Waals surface area contributed by atoms with Gasteiger partial charge in [0.1, 0.15) is 12.4 Å². The quantitative estimate of drug-likeness (QED) is 0.543. The van der Waals surface area contributed by atoms with E-state index in [1.807, 2.05) is 18.2 Å². The minimum Gasteiger partial charge on any atom is -0.491 e. The molecule has 0 amide bonds. The SMILES string of the molecule is COCCOCCOc1ccc(Cl)cc1CBr. The van der Waals surface area contributed by atoms with Crippen LogP contribution in [0.15, 0.2) is 18.2 Å². The third kappa shape index (κ3) is 5.73. The third-order valence-corrected chi connectivity index (χ3v) is 2.92. The molecule has 0 heterocycles. The van der Waals surface area contributed by atoms with Gasteiger partial charge in [0, 0.05) is 23.0 Å². The summed E-state index contributed by atoms with van der Waals surface area (Å²) in [6.07, 6.45) is 0. The van der Waals surface area contributed by atoms with Crippen LogP contribution in [0, 0.1) is 0 Å². The van der Waals surface area contributed by atoms with E-state index in [0.717, 1.165) is 11.3 Å². The van der Waals surface area contributed by atoms with Crippen molar-refractivity contribution in [3.63, 3.8) is 0 Å². The van der Waals surface area contributed by atoms with Crippen molar-refractivity contribution < 1.29 is 14.2 Å². The Morgan fingerprint density at radius 1 is 1.18 bits per heavy atom. The molecule has 0 aromatic heterocycles. The summed E-state index contributed by atoms with van der Waals surface area (Å²) in [7, 11) is 1.65. The van der Waals surface area contributed by atoms with Gasteiger partial charge in [0.05, 0.1) is 19.8 Å². The standard InChI is InChI=1S/C12H16BrClO3/c1-15-4-5-16-6-7-17-12-3-2-11(14)8-10(12)9-13/h2-3,8H,4-7,9H2,1H3. The highest BCUT2D eigenvalue weighted by Gasteiger charge is 2.03. The molecule has 0 fully saturated rings. The van der Waals surface area contributed by atoms with Crippen molar-refractivity contribution in [3.8, 4) is 5.75 Å². The Morgan fingerprint density at radius 2 is 1.94 bits per heavy atom. The van der Waals surface area contributed by atoms with Crippen LogP contribution >= 0.6 is 27.5 Å². The highest BCUT2D eigenvalue weighted by molar-refractivity contribution is 9.08. The zero-order valence-electron chi connectivity index (χ0n) is 9.75. The van der Waals surface area contributed by atoms with Gasteiger partial charge in [0.25, 0.3) is 0 Å². The zero-order chi connectivity index (χ0) is 12.5. The monoisotopic (exact) mass is 322 g/mol. The predicted octanol–water partition coefficient (Wildman–Crippen LogP) is 3.28. The summed E-state index contributed by atoms with van der Waals surface area (Å²) in [5.74, 6) is 0.835. The van der Waals surface area contributed by atoms with Gasteiger partial charge in [-0.05, 0) is 18.2 Å². The van der Waals surface area contributed by atoms with Gasteiger partial charge >= 0.3 is 0 Å². The number of alkyl halides is 1. The van der Waals surface area contributed by atoms with Gasteiger partial charge in [-0.25, -0.2) is 0 Å². The molecule has 0 saturated heterocycles. The Balaban J connectivity index is 2.31. The van der Waals surface area contributed by atoms with Crippen molar-refractivity contribution in [1.29, 1.82) is 0 Å². The highest BCUT2D eigenvalue weighted by Crippen LogP contribution is 2.24. The molecule has 1 rings (SSSR count). The van der Waals surface area contributed by atoms with Gasteiger partial charge in [-0.3, -0.25) is 0 Å². The lowest BCUT2D eigenvalue weighted by atomic mass is 10.2. The fourth-order valence-electron chi connectivity index (χ4n) is 1.25. The topological polar surface area (TPSA) is 27.7 Å². The first kappa shape index (κ1) is 14.8. The van der Waals surface area contributed by atoms with Crippen LogP contribution in [0.25, 0.3) is 0 Å². The van der Waals surface area contributed by atoms with E-state index in [-0.39, 0.29) is 0 Å². The molecule has 0 saturated carbocycles. The average molecular weight is 324 g/mol. The summed E-state index contributed by atoms with van der Waals surface area (Å²) in [4.78, 5) is 0. The molecule has 0 radical (unpaired) electrons. The molecule has 0 aliphatic carbocycles. The molecule has 17 heavy (non-hydrogen) atoms. The molecule has 3 nitrogen and oxygen atoms in total. The molecule has 0 bridgehead atoms. The van der Waals surface area contributed by atoms with Gasteiger partial charge in [-0.1, -0.05) is 27.5 Å². The zero-order valence-corrected chi connectivity index (χ0v) is 12.1. The number of rotatable bonds is 8. The Labute approximate surface area is 115 Å². The van der Waals surface area contributed by atoms with Gasteiger partial charge in [0.15, 0.2) is 0 Å². The number of benzene rings is 1. The third-order valence-electron chi connectivity index (χ3n) is 2.08. The summed E-state index contributed by atoms with van der Waals surface area (Å²) in [6.45, 7) is 2.26. The lowest BCUT2D eigenvalue weighted by Crippen LogP contribution is -2.10. The predicted molar refractivity (Wildman–Crippen MR) is 72.3 cm³/mol. The minimum absolute atomic E-state index is 0.519. The molecule has 0 atom stereocenters. The second-order valence-corrected chi connectivity index (χ2v) is 4.34. The van der Waals surface area contributed by atoms with Crippen LogP contribution in [0.4, 0.5) is 0 Å². The van der Waals surface area contributed by atoms with Crippen LogP contribution in [-0.2, 0) is 14.8 Å². The van der Waals surface area contributed by atoms with Crippen LogP contribution < -0.4 is 4.74 Å². The Hall–Kier alpha value is -0.290. The summed E-state index contributed by atoms with van der Waals surface area (Å²) >= 11 is 9.30. The maximum absolute atomic E-state index is 5.90. The van der Waals surface area contributed by atoms with Crippen LogP contribution in [0.2, 0.25) is 5.02 Å². The molecule has 0 N–H and O–H groups in total. The average Bonchev–Trinajstić information content (AvgIpc) is 2.35. The van der Waals surface area contributed by atoms with Crippen molar-refractivity contribution in [2.24, 2.45) is 0 Å². The summed E-state index contributed by atoms with van der Waals surface area (Å²) < 4.78 is 15.8. The molecule has 0 spiro atoms. The molecule has 0 aliphatic rings. The van der Waals surface area contributed by atoms with Gasteiger partial charge in [-0.2, -0.15) is 0 Å². The van der Waals surface area contributed by atoms with E-state index in [4.69, 9.17) is 25.8 Å². The Bertz CT molecular complexity index is 334. The Morgan fingerprint density at radius 3 is 2.65 bits per heavy atom. The summed E-state index contributed by atoms with van der Waals surface area (Å²) in [5, 5.41) is 1.43. The van der Waals surface area contributed by atoms with E-state index in [2.05, 4.69) is 15.9 Å². The molecule has 1 aromatic rings. The fraction of sp³-hybridized carbons (Fsp3) is 0.500. The van der Waals surface area contributed by atoms with Crippen molar-refractivity contribution in [3.05, 3.63) is 28.8 Å². The van der Waals surface area contributed by atoms with Crippen molar-refractivity contribution in [1.82, 2.24) is 0 Å². The summed E-state index contributed by atoms with van der Waals surface area (Å²) in [6, 6.07) is 5.57. The van der Waals surface area contributed by atoms with Gasteiger partial charge in [0.2, 0.25) is 0 Å². The summed E-state index contributed by atoms with van der Waals surface area (Å²) in [5.41, 5.74) is 1.04. The second-order valence-electron chi connectivity index (χ2n) is 3.34. The first-order valence-electron chi connectivity index (χ1n) is 5.31. The van der Waals surface area contributed by atoms with Crippen molar-refractivity contribution in [2.75, 3.05) is 33.5 Å². The smallest absolute Gasteiger partial charge is 0.123 e. The van der Waals surface area contributed by atoms with Crippen LogP contribution in [0.3, 0.4) is 0 Å². The fourth-order valence-corrected chi connectivity index (χ4v) is 1.88.